The molecule has 146 valence electrons. The van der Waals surface area contributed by atoms with Gasteiger partial charge in [-0.25, -0.2) is 4.79 Å². The van der Waals surface area contributed by atoms with Crippen LogP contribution in [0.25, 0.3) is 0 Å². The lowest BCUT2D eigenvalue weighted by Gasteiger charge is -2.24. The molecule has 28 heavy (non-hydrogen) atoms. The number of nitrogens with zero attached hydrogens (tertiary/aromatic N) is 1. The summed E-state index contributed by atoms with van der Waals surface area (Å²) in [6.07, 6.45) is 1.39. The zero-order chi connectivity index (χ0) is 19.5. The van der Waals surface area contributed by atoms with Crippen LogP contribution in [0.1, 0.15) is 12.8 Å². The van der Waals surface area contributed by atoms with E-state index in [9.17, 15) is 9.59 Å². The first-order chi connectivity index (χ1) is 13.6. The molecule has 0 bridgehead atoms. The fourth-order valence-electron chi connectivity index (χ4n) is 3.35. The highest BCUT2D eigenvalue weighted by Crippen LogP contribution is 2.34. The number of ether oxygens (including phenoxy) is 3. The molecule has 1 fully saturated rings. The number of benzene rings is 2. The zero-order valence-corrected chi connectivity index (χ0v) is 15.4. The van der Waals surface area contributed by atoms with E-state index >= 15 is 0 Å². The molecule has 0 radical (unpaired) electrons. The van der Waals surface area contributed by atoms with Crippen molar-refractivity contribution in [1.29, 1.82) is 0 Å². The van der Waals surface area contributed by atoms with E-state index in [1.54, 1.807) is 54.5 Å². The van der Waals surface area contributed by atoms with E-state index in [2.05, 4.69) is 10.6 Å². The van der Waals surface area contributed by atoms with Crippen molar-refractivity contribution in [2.45, 2.75) is 18.9 Å². The highest BCUT2D eigenvalue weighted by molar-refractivity contribution is 5.99. The first-order valence-electron chi connectivity index (χ1n) is 9.06. The Kier molecular flexibility index (Phi) is 4.92. The molecule has 1 atom stereocenters. The molecule has 2 heterocycles. The van der Waals surface area contributed by atoms with Crippen molar-refractivity contribution < 1.29 is 23.8 Å². The van der Waals surface area contributed by atoms with Gasteiger partial charge >= 0.3 is 6.03 Å². The Balaban J connectivity index is 1.40. The van der Waals surface area contributed by atoms with Gasteiger partial charge in [-0.2, -0.15) is 0 Å². The second-order valence-electron chi connectivity index (χ2n) is 6.57. The van der Waals surface area contributed by atoms with Gasteiger partial charge in [-0.1, -0.05) is 0 Å². The molecular weight excluding hydrogens is 362 g/mol. The van der Waals surface area contributed by atoms with Crippen molar-refractivity contribution in [3.63, 3.8) is 0 Å². The molecule has 0 aromatic heterocycles. The zero-order valence-electron chi connectivity index (χ0n) is 15.4. The number of rotatable bonds is 4. The van der Waals surface area contributed by atoms with E-state index in [1.807, 2.05) is 0 Å². The van der Waals surface area contributed by atoms with Crippen LogP contribution in [0.4, 0.5) is 16.2 Å². The average molecular weight is 383 g/mol. The second kappa shape index (κ2) is 7.67. The van der Waals surface area contributed by atoms with E-state index in [-0.39, 0.29) is 18.7 Å². The number of hydrogen-bond acceptors (Lipinski definition) is 5. The molecule has 8 nitrogen and oxygen atoms in total. The lowest BCUT2D eigenvalue weighted by atomic mass is 10.2. The smallest absolute Gasteiger partial charge is 0.322 e. The Morgan fingerprint density at radius 3 is 2.57 bits per heavy atom. The van der Waals surface area contributed by atoms with Gasteiger partial charge in [0.25, 0.3) is 0 Å². The minimum Gasteiger partial charge on any atom is -0.497 e. The summed E-state index contributed by atoms with van der Waals surface area (Å²) in [5.41, 5.74) is 1.25. The normalized spacial score (nSPS) is 17.3. The molecule has 2 aliphatic heterocycles. The SMILES string of the molecule is COc1ccc(NC(=O)N2CCC[C@@H]2C(=O)Nc2ccc3c(c2)OCO3)cc1. The lowest BCUT2D eigenvalue weighted by Crippen LogP contribution is -2.45. The van der Waals surface area contributed by atoms with Crippen molar-refractivity contribution >= 4 is 23.3 Å². The van der Waals surface area contributed by atoms with Crippen LogP contribution in [-0.2, 0) is 4.79 Å². The molecule has 4 rings (SSSR count). The first kappa shape index (κ1) is 18.0. The van der Waals surface area contributed by atoms with E-state index in [4.69, 9.17) is 14.2 Å². The first-order valence-corrected chi connectivity index (χ1v) is 9.06. The maximum Gasteiger partial charge on any atom is 0.322 e. The molecule has 3 amide bonds. The molecule has 0 aliphatic carbocycles. The number of fused-ring (bicyclic) bond motifs is 1. The molecule has 0 spiro atoms. The van der Waals surface area contributed by atoms with Crippen molar-refractivity contribution in [1.82, 2.24) is 4.90 Å². The Labute approximate surface area is 162 Å². The van der Waals surface area contributed by atoms with Gasteiger partial charge in [-0.3, -0.25) is 4.79 Å². The number of amides is 3. The highest BCUT2D eigenvalue weighted by Gasteiger charge is 2.34. The number of hydrogen-bond donors (Lipinski definition) is 2. The third-order valence-corrected chi connectivity index (χ3v) is 4.80. The van der Waals surface area contributed by atoms with Gasteiger partial charge in [0.2, 0.25) is 12.7 Å². The van der Waals surface area contributed by atoms with Gasteiger partial charge in [0.1, 0.15) is 11.8 Å². The van der Waals surface area contributed by atoms with Crippen LogP contribution in [0, 0.1) is 0 Å². The number of likely N-dealkylation sites (tertiary alicyclic amines) is 1. The van der Waals surface area contributed by atoms with Crippen LogP contribution in [-0.4, -0.2) is 43.3 Å². The number of urea groups is 1. The molecule has 2 aromatic carbocycles. The Morgan fingerprint density at radius 2 is 1.79 bits per heavy atom. The molecule has 0 saturated carbocycles. The Bertz CT molecular complexity index is 884. The molecule has 1 saturated heterocycles. The maximum absolute atomic E-state index is 12.7. The van der Waals surface area contributed by atoms with Gasteiger partial charge in [0.05, 0.1) is 7.11 Å². The summed E-state index contributed by atoms with van der Waals surface area (Å²) in [6, 6.07) is 11.5. The second-order valence-corrected chi connectivity index (χ2v) is 6.57. The summed E-state index contributed by atoms with van der Waals surface area (Å²) >= 11 is 0. The third-order valence-electron chi connectivity index (χ3n) is 4.80. The van der Waals surface area contributed by atoms with Crippen molar-refractivity contribution in [2.75, 3.05) is 31.1 Å². The summed E-state index contributed by atoms with van der Waals surface area (Å²) < 4.78 is 15.7. The molecule has 2 N–H and O–H groups in total. The van der Waals surface area contributed by atoms with Gasteiger partial charge < -0.3 is 29.7 Å². The van der Waals surface area contributed by atoms with Crippen LogP contribution >= 0.6 is 0 Å². The van der Waals surface area contributed by atoms with Gasteiger partial charge in [0.15, 0.2) is 11.5 Å². The Morgan fingerprint density at radius 1 is 1.04 bits per heavy atom. The summed E-state index contributed by atoms with van der Waals surface area (Å²) in [5, 5.41) is 5.70. The van der Waals surface area contributed by atoms with Crippen molar-refractivity contribution in [3.05, 3.63) is 42.5 Å². The fourth-order valence-corrected chi connectivity index (χ4v) is 3.35. The average Bonchev–Trinajstić information content (AvgIpc) is 3.37. The minimum atomic E-state index is -0.524. The summed E-state index contributed by atoms with van der Waals surface area (Å²) in [6.45, 7) is 0.704. The summed E-state index contributed by atoms with van der Waals surface area (Å²) in [7, 11) is 1.58. The molecular formula is C20H21N3O5. The van der Waals surface area contributed by atoms with Crippen molar-refractivity contribution in [3.8, 4) is 17.2 Å². The largest absolute Gasteiger partial charge is 0.497 e. The van der Waals surface area contributed by atoms with E-state index in [1.165, 1.54) is 0 Å². The van der Waals surface area contributed by atoms with Gasteiger partial charge in [-0.05, 0) is 49.2 Å². The topological polar surface area (TPSA) is 89.1 Å². The standard InChI is InChI=1S/C20H21N3O5/c1-26-15-7-4-13(5-8-15)22-20(25)23-10-2-3-16(23)19(24)21-14-6-9-17-18(11-14)28-12-27-17/h4-9,11,16H,2-3,10,12H2,1H3,(H,21,24)(H,22,25)/t16-/m1/s1. The van der Waals surface area contributed by atoms with Crippen LogP contribution in [0.5, 0.6) is 17.2 Å². The van der Waals surface area contributed by atoms with E-state index < -0.39 is 6.04 Å². The molecule has 0 unspecified atom stereocenters. The summed E-state index contributed by atoms with van der Waals surface area (Å²) in [4.78, 5) is 27.0. The number of carbonyl (C=O) groups excluding carboxylic acids is 2. The van der Waals surface area contributed by atoms with Crippen LogP contribution in [0.15, 0.2) is 42.5 Å². The lowest BCUT2D eigenvalue weighted by molar-refractivity contribution is -0.119. The van der Waals surface area contributed by atoms with E-state index in [0.29, 0.717) is 41.6 Å². The van der Waals surface area contributed by atoms with Crippen LogP contribution < -0.4 is 24.8 Å². The number of methoxy groups -OCH3 is 1. The number of carbonyl (C=O) groups is 2. The quantitative estimate of drug-likeness (QED) is 0.847. The van der Waals surface area contributed by atoms with Gasteiger partial charge in [0, 0.05) is 24.0 Å². The molecule has 8 heteroatoms. The van der Waals surface area contributed by atoms with Crippen molar-refractivity contribution in [2.24, 2.45) is 0 Å². The number of nitrogens with one attached hydrogen (secondary N) is 2. The number of anilines is 2. The third kappa shape index (κ3) is 3.66. The van der Waals surface area contributed by atoms with Crippen LogP contribution in [0.2, 0.25) is 0 Å². The molecule has 2 aliphatic rings. The Hall–Kier alpha value is -3.42. The molecule has 2 aromatic rings. The minimum absolute atomic E-state index is 0.175. The highest BCUT2D eigenvalue weighted by atomic mass is 16.7. The fraction of sp³-hybridized carbons (Fsp3) is 0.300. The predicted octanol–water partition coefficient (Wildman–Crippen LogP) is 3.06. The monoisotopic (exact) mass is 383 g/mol. The van der Waals surface area contributed by atoms with Crippen LogP contribution in [0.3, 0.4) is 0 Å². The van der Waals surface area contributed by atoms with Gasteiger partial charge in [-0.15, -0.1) is 0 Å². The summed E-state index contributed by atoms with van der Waals surface area (Å²) in [5.74, 6) is 1.74. The predicted molar refractivity (Wildman–Crippen MR) is 103 cm³/mol. The van der Waals surface area contributed by atoms with E-state index in [0.717, 1.165) is 6.42 Å². The maximum atomic E-state index is 12.7.